The molecule has 0 saturated carbocycles. The zero-order valence-electron chi connectivity index (χ0n) is 16.7. The van der Waals surface area contributed by atoms with Gasteiger partial charge in [-0.1, -0.05) is 0 Å². The van der Waals surface area contributed by atoms with Crippen LogP contribution in [0.1, 0.15) is 29.6 Å². The second-order valence-corrected chi connectivity index (χ2v) is 7.45. The van der Waals surface area contributed by atoms with E-state index in [2.05, 4.69) is 31.4 Å². The number of halogens is 1. The minimum atomic E-state index is -0.638. The second-order valence-electron chi connectivity index (χ2n) is 7.45. The van der Waals surface area contributed by atoms with E-state index in [1.54, 1.807) is 29.2 Å². The maximum absolute atomic E-state index is 13.2. The highest BCUT2D eigenvalue weighted by molar-refractivity contribution is 5.98. The molecule has 3 N–H and O–H groups in total. The van der Waals surface area contributed by atoms with E-state index in [9.17, 15) is 14.4 Å². The zero-order valence-corrected chi connectivity index (χ0v) is 16.7. The van der Waals surface area contributed by atoms with Crippen LogP contribution >= 0.6 is 0 Å². The van der Waals surface area contributed by atoms with Gasteiger partial charge in [0.05, 0.1) is 18.0 Å². The van der Waals surface area contributed by atoms with Gasteiger partial charge in [-0.05, 0) is 43.2 Å². The van der Waals surface area contributed by atoms with Crippen LogP contribution in [-0.4, -0.2) is 38.7 Å². The molecule has 0 aliphatic carbocycles. The lowest BCUT2D eigenvalue weighted by Gasteiger charge is -2.41. The van der Waals surface area contributed by atoms with Crippen molar-refractivity contribution in [3.63, 3.8) is 0 Å². The molecule has 9 nitrogen and oxygen atoms in total. The molecule has 31 heavy (non-hydrogen) atoms. The Hall–Kier alpha value is -4.00. The Morgan fingerprint density at radius 3 is 2.61 bits per heavy atom. The number of nitrogens with two attached hydrogens (primary N) is 1. The van der Waals surface area contributed by atoms with Gasteiger partial charge in [-0.15, -0.1) is 0 Å². The molecule has 1 amide bonds. The normalized spacial score (nSPS) is 15.3. The summed E-state index contributed by atoms with van der Waals surface area (Å²) >= 11 is 0. The molecule has 1 aliphatic heterocycles. The van der Waals surface area contributed by atoms with Crippen LogP contribution in [-0.2, 0) is 5.54 Å². The molecule has 0 bridgehead atoms. The molecular formula is C21H21FN8O. The fourth-order valence-corrected chi connectivity index (χ4v) is 3.82. The van der Waals surface area contributed by atoms with Gasteiger partial charge in [-0.25, -0.2) is 14.4 Å². The summed E-state index contributed by atoms with van der Waals surface area (Å²) in [5.74, 6) is 0.100. The van der Waals surface area contributed by atoms with Crippen molar-refractivity contribution in [2.75, 3.05) is 23.3 Å². The molecule has 0 unspecified atom stereocenters. The number of carbonyl (C=O) groups is 1. The molecule has 0 spiro atoms. The lowest BCUT2D eigenvalue weighted by molar-refractivity contribution is 0.100. The molecule has 0 atom stereocenters. The van der Waals surface area contributed by atoms with Gasteiger partial charge in [0.25, 0.3) is 5.91 Å². The van der Waals surface area contributed by atoms with Gasteiger partial charge in [0, 0.05) is 31.2 Å². The monoisotopic (exact) mass is 420 g/mol. The molecule has 2 aromatic heterocycles. The van der Waals surface area contributed by atoms with Crippen molar-refractivity contribution in [1.29, 1.82) is 5.26 Å². The molecule has 1 saturated heterocycles. The predicted molar refractivity (Wildman–Crippen MR) is 112 cm³/mol. The molecule has 4 rings (SSSR count). The van der Waals surface area contributed by atoms with E-state index >= 15 is 0 Å². The third kappa shape index (κ3) is 4.16. The van der Waals surface area contributed by atoms with E-state index in [0.29, 0.717) is 31.6 Å². The number of anilines is 3. The van der Waals surface area contributed by atoms with Gasteiger partial charge >= 0.3 is 0 Å². The number of primary amides is 1. The predicted octanol–water partition coefficient (Wildman–Crippen LogP) is 2.56. The lowest BCUT2D eigenvalue weighted by Crippen LogP contribution is -2.46. The number of carbonyl (C=O) groups excluding carboxylic acids is 1. The molecule has 158 valence electrons. The molecule has 1 aliphatic rings. The molecular weight excluding hydrogens is 399 g/mol. The minimum absolute atomic E-state index is 0.208. The van der Waals surface area contributed by atoms with Crippen molar-refractivity contribution >= 4 is 23.2 Å². The Bertz CT molecular complexity index is 1100. The van der Waals surface area contributed by atoms with E-state index in [1.165, 1.54) is 18.5 Å². The number of amides is 1. The van der Waals surface area contributed by atoms with Crippen molar-refractivity contribution < 1.29 is 9.18 Å². The van der Waals surface area contributed by atoms with Crippen molar-refractivity contribution in [2.24, 2.45) is 5.73 Å². The van der Waals surface area contributed by atoms with Gasteiger partial charge in [0.2, 0.25) is 0 Å². The van der Waals surface area contributed by atoms with Crippen LogP contribution in [0.2, 0.25) is 0 Å². The first-order valence-corrected chi connectivity index (χ1v) is 9.81. The third-order valence-corrected chi connectivity index (χ3v) is 5.57. The average Bonchev–Trinajstić information content (AvgIpc) is 3.21. The first kappa shape index (κ1) is 20.3. The van der Waals surface area contributed by atoms with Crippen LogP contribution in [0.4, 0.5) is 21.7 Å². The number of benzene rings is 1. The van der Waals surface area contributed by atoms with Gasteiger partial charge < -0.3 is 16.0 Å². The smallest absolute Gasteiger partial charge is 0.254 e. The Morgan fingerprint density at radius 1 is 1.26 bits per heavy atom. The number of piperidine rings is 1. The molecule has 3 aromatic rings. The topological polar surface area (TPSA) is 126 Å². The van der Waals surface area contributed by atoms with E-state index < -0.39 is 11.4 Å². The number of aromatic nitrogens is 4. The number of nitrogens with zero attached hydrogens (tertiary/aromatic N) is 6. The Labute approximate surface area is 178 Å². The van der Waals surface area contributed by atoms with Gasteiger partial charge in [0.1, 0.15) is 23.5 Å². The standard InChI is InChI=1S/C21H21FN8O/c22-15-1-3-16(4-2-15)27-20-17(19(24)31)13-30(28-20)21(6-9-23)7-11-29(12-8-21)18-5-10-25-14-26-18/h1-5,10,13-14H,6-8,11-12H2,(H2,24,31)(H,27,28). The second kappa shape index (κ2) is 8.39. The molecule has 3 heterocycles. The maximum atomic E-state index is 13.2. The Morgan fingerprint density at radius 2 is 2.00 bits per heavy atom. The fourth-order valence-electron chi connectivity index (χ4n) is 3.82. The summed E-state index contributed by atoms with van der Waals surface area (Å²) < 4.78 is 14.9. The SMILES string of the molecule is N#CCC1(n2cc(C(N)=O)c(Nc3ccc(F)cc3)n2)CCN(c2ccncn2)CC1. The summed E-state index contributed by atoms with van der Waals surface area (Å²) in [6.45, 7) is 1.34. The Balaban J connectivity index is 1.62. The summed E-state index contributed by atoms with van der Waals surface area (Å²) in [4.78, 5) is 22.4. The number of rotatable bonds is 6. The van der Waals surface area contributed by atoms with Gasteiger partial charge in [0.15, 0.2) is 5.82 Å². The quantitative estimate of drug-likeness (QED) is 0.628. The van der Waals surface area contributed by atoms with Crippen LogP contribution in [0, 0.1) is 17.1 Å². The van der Waals surface area contributed by atoms with Crippen LogP contribution in [0.3, 0.4) is 0 Å². The summed E-state index contributed by atoms with van der Waals surface area (Å²) in [5.41, 5.74) is 5.77. The summed E-state index contributed by atoms with van der Waals surface area (Å²) in [6.07, 6.45) is 6.30. The highest BCUT2D eigenvalue weighted by atomic mass is 19.1. The third-order valence-electron chi connectivity index (χ3n) is 5.57. The molecule has 1 aromatic carbocycles. The molecule has 1 fully saturated rings. The first-order valence-electron chi connectivity index (χ1n) is 9.81. The van der Waals surface area contributed by atoms with Crippen molar-refractivity contribution in [1.82, 2.24) is 19.7 Å². The zero-order chi connectivity index (χ0) is 21.8. The number of nitriles is 1. The van der Waals surface area contributed by atoms with Crippen molar-refractivity contribution in [3.05, 3.63) is 60.4 Å². The van der Waals surface area contributed by atoms with Gasteiger partial charge in [-0.3, -0.25) is 9.48 Å². The Kier molecular flexibility index (Phi) is 5.49. The molecule has 0 radical (unpaired) electrons. The van der Waals surface area contributed by atoms with E-state index in [-0.39, 0.29) is 23.6 Å². The average molecular weight is 420 g/mol. The summed E-state index contributed by atoms with van der Waals surface area (Å²) in [7, 11) is 0. The van der Waals surface area contributed by atoms with Crippen molar-refractivity contribution in [3.8, 4) is 6.07 Å². The minimum Gasteiger partial charge on any atom is -0.365 e. The summed E-state index contributed by atoms with van der Waals surface area (Å²) in [5, 5.41) is 17.1. The number of nitrogens with one attached hydrogen (secondary N) is 1. The van der Waals surface area contributed by atoms with E-state index in [0.717, 1.165) is 5.82 Å². The van der Waals surface area contributed by atoms with Crippen LogP contribution in [0.15, 0.2) is 49.1 Å². The van der Waals surface area contributed by atoms with Gasteiger partial charge in [-0.2, -0.15) is 10.4 Å². The lowest BCUT2D eigenvalue weighted by atomic mass is 9.85. The van der Waals surface area contributed by atoms with E-state index in [4.69, 9.17) is 5.73 Å². The fraction of sp³-hybridized carbons (Fsp3) is 0.286. The highest BCUT2D eigenvalue weighted by Crippen LogP contribution is 2.36. The number of hydrogen-bond acceptors (Lipinski definition) is 7. The molecule has 10 heteroatoms. The highest BCUT2D eigenvalue weighted by Gasteiger charge is 2.38. The van der Waals surface area contributed by atoms with E-state index in [1.807, 2.05) is 6.07 Å². The summed E-state index contributed by atoms with van der Waals surface area (Å²) in [6, 6.07) is 9.82. The maximum Gasteiger partial charge on any atom is 0.254 e. The van der Waals surface area contributed by atoms with Crippen molar-refractivity contribution in [2.45, 2.75) is 24.8 Å². The van der Waals surface area contributed by atoms with Crippen LogP contribution in [0.5, 0.6) is 0 Å². The van der Waals surface area contributed by atoms with Crippen LogP contribution in [0.25, 0.3) is 0 Å². The van der Waals surface area contributed by atoms with Crippen LogP contribution < -0.4 is 16.0 Å². The largest absolute Gasteiger partial charge is 0.365 e. The first-order chi connectivity index (χ1) is 15.0. The number of hydrogen-bond donors (Lipinski definition) is 2.